The summed E-state index contributed by atoms with van der Waals surface area (Å²) in [4.78, 5) is 34.0. The van der Waals surface area contributed by atoms with Gasteiger partial charge in [-0.3, -0.25) is 24.7 Å². The Morgan fingerprint density at radius 3 is 2.34 bits per heavy atom. The van der Waals surface area contributed by atoms with Crippen molar-refractivity contribution in [2.75, 3.05) is 45.8 Å². The number of aromatic nitrogens is 2. The number of carbonyl (C=O) groups excluding carboxylic acids is 1. The van der Waals surface area contributed by atoms with Gasteiger partial charge in [0.25, 0.3) is 5.69 Å². The third-order valence-corrected chi connectivity index (χ3v) is 6.21. The van der Waals surface area contributed by atoms with Gasteiger partial charge in [0, 0.05) is 57.0 Å². The monoisotopic (exact) mass is 442 g/mol. The Labute approximate surface area is 187 Å². The first-order chi connectivity index (χ1) is 15.4. The number of likely N-dealkylation sites (tertiary alicyclic amines) is 1. The number of rotatable bonds is 6. The van der Waals surface area contributed by atoms with Gasteiger partial charge in [-0.15, -0.1) is 0 Å². The van der Waals surface area contributed by atoms with Crippen LogP contribution >= 0.6 is 0 Å². The highest BCUT2D eigenvalue weighted by Crippen LogP contribution is 2.22. The molecule has 0 radical (unpaired) electrons. The van der Waals surface area contributed by atoms with Gasteiger partial charge in [-0.25, -0.2) is 0 Å². The van der Waals surface area contributed by atoms with E-state index in [-0.39, 0.29) is 11.6 Å². The molecule has 1 aromatic carbocycles. The molecule has 0 bridgehead atoms. The van der Waals surface area contributed by atoms with Crippen molar-refractivity contribution in [3.05, 3.63) is 40.3 Å². The number of carbonyl (C=O) groups is 1. The van der Waals surface area contributed by atoms with Gasteiger partial charge in [0.15, 0.2) is 0 Å². The van der Waals surface area contributed by atoms with E-state index < -0.39 is 4.92 Å². The molecular weight excluding hydrogens is 412 g/mol. The fourth-order valence-electron chi connectivity index (χ4n) is 4.62. The van der Waals surface area contributed by atoms with Crippen molar-refractivity contribution in [3.8, 4) is 11.4 Å². The molecule has 0 saturated carbocycles. The van der Waals surface area contributed by atoms with Crippen LogP contribution in [0.1, 0.15) is 26.2 Å². The van der Waals surface area contributed by atoms with Gasteiger partial charge < -0.3 is 9.42 Å². The summed E-state index contributed by atoms with van der Waals surface area (Å²) in [5.74, 6) is 2.32. The number of piperazine rings is 1. The van der Waals surface area contributed by atoms with Crippen molar-refractivity contribution < 1.29 is 14.2 Å². The predicted octanol–water partition coefficient (Wildman–Crippen LogP) is 2.27. The van der Waals surface area contributed by atoms with Gasteiger partial charge >= 0.3 is 0 Å². The zero-order valence-corrected chi connectivity index (χ0v) is 18.6. The topological polar surface area (TPSA) is 109 Å². The van der Waals surface area contributed by atoms with Crippen molar-refractivity contribution >= 4 is 11.6 Å². The molecule has 10 nitrogen and oxygen atoms in total. The minimum Gasteiger partial charge on any atom is -0.341 e. The summed E-state index contributed by atoms with van der Waals surface area (Å²) >= 11 is 0. The number of nitro groups is 1. The summed E-state index contributed by atoms with van der Waals surface area (Å²) in [5.41, 5.74) is 0.702. The Hall–Kier alpha value is -2.85. The number of nitrogens with zero attached hydrogens (tertiary/aromatic N) is 6. The Kier molecular flexibility index (Phi) is 6.80. The highest BCUT2D eigenvalue weighted by atomic mass is 16.6. The molecule has 2 unspecified atom stereocenters. The lowest BCUT2D eigenvalue weighted by Gasteiger charge is -2.38. The van der Waals surface area contributed by atoms with Gasteiger partial charge in [-0.1, -0.05) is 19.0 Å². The molecule has 10 heteroatoms. The minimum absolute atomic E-state index is 0.0260. The van der Waals surface area contributed by atoms with Gasteiger partial charge in [-0.2, -0.15) is 4.98 Å². The summed E-state index contributed by atoms with van der Waals surface area (Å²) in [6.07, 6.45) is 1.20. The maximum atomic E-state index is 12.7. The van der Waals surface area contributed by atoms with Crippen LogP contribution in [0.4, 0.5) is 5.69 Å². The molecule has 0 N–H and O–H groups in total. The van der Waals surface area contributed by atoms with Crippen molar-refractivity contribution in [2.24, 2.45) is 11.8 Å². The lowest BCUT2D eigenvalue weighted by molar-refractivity contribution is -0.384. The molecule has 2 atom stereocenters. The molecule has 32 heavy (non-hydrogen) atoms. The molecule has 0 aliphatic carbocycles. The standard InChI is InChI=1S/C22H30N6O4/c1-16-11-17(2)13-27(12-16)21(29)15-26-9-7-25(8-10-26)14-20-23-22(24-32-20)18-3-5-19(6-4-18)28(30)31/h3-6,16-17H,7-15H2,1-2H3. The molecule has 0 spiro atoms. The zero-order chi connectivity index (χ0) is 22.7. The second-order valence-electron chi connectivity index (χ2n) is 9.11. The number of non-ortho nitro benzene ring substituents is 1. The van der Waals surface area contributed by atoms with Crippen LogP contribution in [0.5, 0.6) is 0 Å². The van der Waals surface area contributed by atoms with Crippen LogP contribution in [0, 0.1) is 22.0 Å². The number of piperidine rings is 1. The van der Waals surface area contributed by atoms with Crippen molar-refractivity contribution in [1.29, 1.82) is 0 Å². The number of nitro benzene ring substituents is 1. The smallest absolute Gasteiger partial charge is 0.269 e. The van der Waals surface area contributed by atoms with Crippen LogP contribution in [0.2, 0.25) is 0 Å². The van der Waals surface area contributed by atoms with Crippen LogP contribution in [0.15, 0.2) is 28.8 Å². The van der Waals surface area contributed by atoms with Crippen molar-refractivity contribution in [2.45, 2.75) is 26.8 Å². The van der Waals surface area contributed by atoms with Crippen LogP contribution < -0.4 is 0 Å². The molecule has 1 aromatic heterocycles. The Balaban J connectivity index is 1.25. The molecule has 2 saturated heterocycles. The van der Waals surface area contributed by atoms with Crippen molar-refractivity contribution in [3.63, 3.8) is 0 Å². The predicted molar refractivity (Wildman–Crippen MR) is 118 cm³/mol. The number of benzene rings is 1. The quantitative estimate of drug-likeness (QED) is 0.495. The van der Waals surface area contributed by atoms with E-state index in [0.29, 0.717) is 42.2 Å². The fraction of sp³-hybridized carbons (Fsp3) is 0.591. The molecular formula is C22H30N6O4. The Morgan fingerprint density at radius 1 is 1.09 bits per heavy atom. The van der Waals surface area contributed by atoms with E-state index in [0.717, 1.165) is 39.3 Å². The van der Waals surface area contributed by atoms with Crippen LogP contribution in [-0.2, 0) is 11.3 Å². The average Bonchev–Trinajstić information content (AvgIpc) is 3.23. The first-order valence-corrected chi connectivity index (χ1v) is 11.2. The SMILES string of the molecule is CC1CC(C)CN(C(=O)CN2CCN(Cc3nc(-c4ccc([N+](=O)[O-])cc4)no3)CC2)C1. The van der Waals surface area contributed by atoms with E-state index in [1.807, 2.05) is 4.90 Å². The van der Waals surface area contributed by atoms with Crippen LogP contribution in [0.25, 0.3) is 11.4 Å². The summed E-state index contributed by atoms with van der Waals surface area (Å²) in [6.45, 7) is 10.5. The average molecular weight is 443 g/mol. The molecule has 2 aliphatic rings. The molecule has 1 amide bonds. The van der Waals surface area contributed by atoms with E-state index in [1.165, 1.54) is 18.6 Å². The largest absolute Gasteiger partial charge is 0.341 e. The van der Waals surface area contributed by atoms with Gasteiger partial charge in [0.1, 0.15) is 0 Å². The minimum atomic E-state index is -0.438. The fourth-order valence-corrected chi connectivity index (χ4v) is 4.62. The highest BCUT2D eigenvalue weighted by molar-refractivity contribution is 5.78. The number of hydrogen-bond donors (Lipinski definition) is 0. The van der Waals surface area contributed by atoms with E-state index in [9.17, 15) is 14.9 Å². The Bertz CT molecular complexity index is 928. The second kappa shape index (κ2) is 9.74. The van der Waals surface area contributed by atoms with Crippen LogP contribution in [0.3, 0.4) is 0 Å². The van der Waals surface area contributed by atoms with Gasteiger partial charge in [0.05, 0.1) is 18.0 Å². The molecule has 2 fully saturated rings. The lowest BCUT2D eigenvalue weighted by Crippen LogP contribution is -2.51. The molecule has 2 aliphatic heterocycles. The summed E-state index contributed by atoms with van der Waals surface area (Å²) in [5, 5.41) is 14.8. The maximum absolute atomic E-state index is 12.7. The Morgan fingerprint density at radius 2 is 1.72 bits per heavy atom. The number of hydrogen-bond acceptors (Lipinski definition) is 8. The molecule has 3 heterocycles. The molecule has 4 rings (SSSR count). The molecule has 2 aromatic rings. The third-order valence-electron chi connectivity index (χ3n) is 6.21. The normalized spacial score (nSPS) is 22.8. The van der Waals surface area contributed by atoms with E-state index in [1.54, 1.807) is 12.1 Å². The first-order valence-electron chi connectivity index (χ1n) is 11.2. The van der Waals surface area contributed by atoms with E-state index in [4.69, 9.17) is 4.52 Å². The van der Waals surface area contributed by atoms with E-state index >= 15 is 0 Å². The third kappa shape index (κ3) is 5.49. The maximum Gasteiger partial charge on any atom is 0.269 e. The summed E-state index contributed by atoms with van der Waals surface area (Å²) in [6, 6.07) is 6.09. The van der Waals surface area contributed by atoms with Gasteiger partial charge in [-0.05, 0) is 30.4 Å². The first kappa shape index (κ1) is 22.3. The number of amides is 1. The van der Waals surface area contributed by atoms with Crippen LogP contribution in [-0.4, -0.2) is 81.5 Å². The second-order valence-corrected chi connectivity index (χ2v) is 9.11. The highest BCUT2D eigenvalue weighted by Gasteiger charge is 2.27. The van der Waals surface area contributed by atoms with Gasteiger partial charge in [0.2, 0.25) is 17.6 Å². The summed E-state index contributed by atoms with van der Waals surface area (Å²) < 4.78 is 5.38. The van der Waals surface area contributed by atoms with Crippen molar-refractivity contribution in [1.82, 2.24) is 24.8 Å². The molecule has 172 valence electrons. The van der Waals surface area contributed by atoms with E-state index in [2.05, 4.69) is 33.8 Å². The zero-order valence-electron chi connectivity index (χ0n) is 18.6. The summed E-state index contributed by atoms with van der Waals surface area (Å²) in [7, 11) is 0. The lowest BCUT2D eigenvalue weighted by atomic mass is 9.92.